The van der Waals surface area contributed by atoms with Crippen LogP contribution in [-0.2, 0) is 9.59 Å². The van der Waals surface area contributed by atoms with E-state index in [1.54, 1.807) is 6.92 Å². The molecule has 1 aliphatic heterocycles. The van der Waals surface area contributed by atoms with Gasteiger partial charge in [0.05, 0.1) is 11.6 Å². The number of carboxylic acids is 1. The molecule has 2 unspecified atom stereocenters. The largest absolute Gasteiger partial charge is 0.481 e. The Morgan fingerprint density at radius 3 is 2.62 bits per heavy atom. The summed E-state index contributed by atoms with van der Waals surface area (Å²) >= 11 is 0. The standard InChI is InChI=1S/C10H18N2O4/c1-10(16)4-5-12(6-10)9(15)7(11)2-3-8(13)14/h7,16H,2-6,11H2,1H3,(H,13,14). The van der Waals surface area contributed by atoms with Crippen LogP contribution in [0.2, 0.25) is 0 Å². The zero-order chi connectivity index (χ0) is 12.3. The maximum absolute atomic E-state index is 11.7. The monoisotopic (exact) mass is 230 g/mol. The van der Waals surface area contributed by atoms with Crippen molar-refractivity contribution >= 4 is 11.9 Å². The number of rotatable bonds is 4. The van der Waals surface area contributed by atoms with E-state index in [9.17, 15) is 14.7 Å². The number of aliphatic carboxylic acids is 1. The van der Waals surface area contributed by atoms with Gasteiger partial charge in [0.2, 0.25) is 5.91 Å². The van der Waals surface area contributed by atoms with Crippen LogP contribution in [0.15, 0.2) is 0 Å². The number of β-amino-alcohol motifs (C(OH)–C–C–N with tert-alkyl or cyclic N) is 1. The Kier molecular flexibility index (Phi) is 3.88. The number of nitrogens with zero attached hydrogens (tertiary/aromatic N) is 1. The van der Waals surface area contributed by atoms with Gasteiger partial charge >= 0.3 is 5.97 Å². The molecule has 1 heterocycles. The molecule has 0 aliphatic carbocycles. The summed E-state index contributed by atoms with van der Waals surface area (Å²) in [7, 11) is 0. The summed E-state index contributed by atoms with van der Waals surface area (Å²) in [5, 5.41) is 18.2. The first-order valence-corrected chi connectivity index (χ1v) is 5.30. The Balaban J connectivity index is 2.43. The summed E-state index contributed by atoms with van der Waals surface area (Å²) in [4.78, 5) is 23.6. The average molecular weight is 230 g/mol. The second-order valence-corrected chi connectivity index (χ2v) is 4.55. The number of carboxylic acid groups (broad SMARTS) is 1. The number of hydrogen-bond acceptors (Lipinski definition) is 4. The van der Waals surface area contributed by atoms with E-state index >= 15 is 0 Å². The van der Waals surface area contributed by atoms with E-state index in [1.165, 1.54) is 4.90 Å². The van der Waals surface area contributed by atoms with E-state index in [4.69, 9.17) is 10.8 Å². The molecule has 92 valence electrons. The molecule has 1 rings (SSSR count). The highest BCUT2D eigenvalue weighted by molar-refractivity contribution is 5.82. The van der Waals surface area contributed by atoms with Crippen LogP contribution in [0, 0.1) is 0 Å². The Bertz CT molecular complexity index is 291. The normalized spacial score (nSPS) is 26.8. The van der Waals surface area contributed by atoms with Gasteiger partial charge < -0.3 is 20.8 Å². The fraction of sp³-hybridized carbons (Fsp3) is 0.800. The van der Waals surface area contributed by atoms with Gasteiger partial charge in [0, 0.05) is 19.5 Å². The van der Waals surface area contributed by atoms with Crippen molar-refractivity contribution in [1.82, 2.24) is 4.90 Å². The number of carbonyl (C=O) groups excluding carboxylic acids is 1. The van der Waals surface area contributed by atoms with Gasteiger partial charge in [-0.15, -0.1) is 0 Å². The van der Waals surface area contributed by atoms with E-state index in [0.29, 0.717) is 13.0 Å². The molecule has 0 spiro atoms. The van der Waals surface area contributed by atoms with E-state index in [2.05, 4.69) is 0 Å². The second kappa shape index (κ2) is 4.80. The van der Waals surface area contributed by atoms with Crippen LogP contribution >= 0.6 is 0 Å². The molecule has 2 atom stereocenters. The van der Waals surface area contributed by atoms with Crippen molar-refractivity contribution in [3.63, 3.8) is 0 Å². The zero-order valence-corrected chi connectivity index (χ0v) is 9.35. The third-order valence-corrected chi connectivity index (χ3v) is 2.75. The first kappa shape index (κ1) is 12.9. The van der Waals surface area contributed by atoms with Crippen LogP contribution in [-0.4, -0.2) is 51.7 Å². The molecule has 0 radical (unpaired) electrons. The molecule has 6 nitrogen and oxygen atoms in total. The van der Waals surface area contributed by atoms with Crippen molar-refractivity contribution in [2.24, 2.45) is 5.73 Å². The number of aliphatic hydroxyl groups is 1. The minimum absolute atomic E-state index is 0.114. The van der Waals surface area contributed by atoms with Gasteiger partial charge in [-0.25, -0.2) is 0 Å². The van der Waals surface area contributed by atoms with E-state index in [0.717, 1.165) is 0 Å². The summed E-state index contributed by atoms with van der Waals surface area (Å²) in [6, 6.07) is -0.787. The van der Waals surface area contributed by atoms with Crippen LogP contribution in [0.1, 0.15) is 26.2 Å². The number of amides is 1. The smallest absolute Gasteiger partial charge is 0.303 e. The molecule has 4 N–H and O–H groups in total. The van der Waals surface area contributed by atoms with Crippen molar-refractivity contribution in [2.45, 2.75) is 37.8 Å². The van der Waals surface area contributed by atoms with Crippen molar-refractivity contribution in [3.8, 4) is 0 Å². The van der Waals surface area contributed by atoms with Gasteiger partial charge in [0.1, 0.15) is 0 Å². The van der Waals surface area contributed by atoms with Crippen LogP contribution in [0.25, 0.3) is 0 Å². The van der Waals surface area contributed by atoms with Crippen molar-refractivity contribution in [3.05, 3.63) is 0 Å². The molecule has 0 aromatic carbocycles. The summed E-state index contributed by atoms with van der Waals surface area (Å²) in [6.45, 7) is 2.42. The lowest BCUT2D eigenvalue weighted by Gasteiger charge is -2.22. The highest BCUT2D eigenvalue weighted by Gasteiger charge is 2.35. The van der Waals surface area contributed by atoms with Gasteiger partial charge in [-0.1, -0.05) is 0 Å². The Hall–Kier alpha value is -1.14. The van der Waals surface area contributed by atoms with Crippen molar-refractivity contribution in [2.75, 3.05) is 13.1 Å². The minimum Gasteiger partial charge on any atom is -0.481 e. The van der Waals surface area contributed by atoms with E-state index in [1.807, 2.05) is 0 Å². The molecule has 0 saturated carbocycles. The lowest BCUT2D eigenvalue weighted by molar-refractivity contribution is -0.137. The predicted molar refractivity (Wildman–Crippen MR) is 56.7 cm³/mol. The fourth-order valence-electron chi connectivity index (χ4n) is 1.77. The Morgan fingerprint density at radius 1 is 1.56 bits per heavy atom. The second-order valence-electron chi connectivity index (χ2n) is 4.55. The van der Waals surface area contributed by atoms with Crippen LogP contribution in [0.5, 0.6) is 0 Å². The zero-order valence-electron chi connectivity index (χ0n) is 9.35. The topological polar surface area (TPSA) is 104 Å². The van der Waals surface area contributed by atoms with Gasteiger partial charge in [0.15, 0.2) is 0 Å². The number of likely N-dealkylation sites (tertiary alicyclic amines) is 1. The molecule has 6 heteroatoms. The Labute approximate surface area is 94.0 Å². The van der Waals surface area contributed by atoms with Gasteiger partial charge in [0.25, 0.3) is 0 Å². The third kappa shape index (κ3) is 3.46. The van der Waals surface area contributed by atoms with Crippen molar-refractivity contribution in [1.29, 1.82) is 0 Å². The van der Waals surface area contributed by atoms with Crippen LogP contribution in [0.4, 0.5) is 0 Å². The first-order valence-electron chi connectivity index (χ1n) is 5.30. The number of nitrogens with two attached hydrogens (primary N) is 1. The Morgan fingerprint density at radius 2 is 2.19 bits per heavy atom. The van der Waals surface area contributed by atoms with E-state index in [-0.39, 0.29) is 25.3 Å². The summed E-state index contributed by atoms with van der Waals surface area (Å²) in [5.41, 5.74) is 4.75. The number of hydrogen-bond donors (Lipinski definition) is 3. The van der Waals surface area contributed by atoms with Gasteiger partial charge in [-0.2, -0.15) is 0 Å². The highest BCUT2D eigenvalue weighted by Crippen LogP contribution is 2.20. The van der Waals surface area contributed by atoms with Gasteiger partial charge in [-0.3, -0.25) is 9.59 Å². The lowest BCUT2D eigenvalue weighted by atomic mass is 10.1. The van der Waals surface area contributed by atoms with Gasteiger partial charge in [-0.05, 0) is 19.8 Å². The molecule has 1 saturated heterocycles. The van der Waals surface area contributed by atoms with E-state index < -0.39 is 17.6 Å². The molecular formula is C10H18N2O4. The summed E-state index contributed by atoms with van der Waals surface area (Å²) in [5.74, 6) is -1.24. The molecule has 0 aromatic rings. The molecular weight excluding hydrogens is 212 g/mol. The third-order valence-electron chi connectivity index (χ3n) is 2.75. The highest BCUT2D eigenvalue weighted by atomic mass is 16.4. The molecule has 0 aromatic heterocycles. The molecule has 1 amide bonds. The van der Waals surface area contributed by atoms with Crippen molar-refractivity contribution < 1.29 is 19.8 Å². The summed E-state index contributed by atoms with van der Waals surface area (Å²) in [6.07, 6.45) is 0.550. The van der Waals surface area contributed by atoms with Crippen LogP contribution < -0.4 is 5.73 Å². The average Bonchev–Trinajstić information content (AvgIpc) is 2.54. The quantitative estimate of drug-likeness (QED) is 0.584. The van der Waals surface area contributed by atoms with Crippen LogP contribution in [0.3, 0.4) is 0 Å². The fourth-order valence-corrected chi connectivity index (χ4v) is 1.77. The molecule has 16 heavy (non-hydrogen) atoms. The maximum Gasteiger partial charge on any atom is 0.303 e. The summed E-state index contributed by atoms with van der Waals surface area (Å²) < 4.78 is 0. The first-order chi connectivity index (χ1) is 7.32. The molecule has 0 bridgehead atoms. The number of carbonyl (C=O) groups is 2. The molecule has 1 aliphatic rings. The maximum atomic E-state index is 11.7. The predicted octanol–water partition coefficient (Wildman–Crippen LogP) is -0.838. The minimum atomic E-state index is -0.961. The SMILES string of the molecule is CC1(O)CCN(C(=O)C(N)CCC(=O)O)C1. The lowest BCUT2D eigenvalue weighted by Crippen LogP contribution is -2.44. The molecule has 1 fully saturated rings.